The SMILES string of the molecule is C#C[C@@H]1O[C@]12C(I)=C[C@@H](O)[C@@H]2O[Si](C)(C)C(C)(C)C. The Morgan fingerprint density at radius 1 is 1.53 bits per heavy atom. The van der Waals surface area contributed by atoms with Crippen molar-refractivity contribution in [3.8, 4) is 12.3 Å². The fraction of sp³-hybridized carbons (Fsp3) is 0.714. The maximum Gasteiger partial charge on any atom is 0.192 e. The van der Waals surface area contributed by atoms with E-state index in [0.29, 0.717) is 0 Å². The van der Waals surface area contributed by atoms with Gasteiger partial charge in [-0.1, -0.05) is 26.7 Å². The quantitative estimate of drug-likeness (QED) is 0.340. The van der Waals surface area contributed by atoms with Crippen LogP contribution in [0.4, 0.5) is 0 Å². The van der Waals surface area contributed by atoms with Crippen molar-refractivity contribution in [2.75, 3.05) is 0 Å². The molecule has 0 unspecified atom stereocenters. The van der Waals surface area contributed by atoms with E-state index in [-0.39, 0.29) is 17.2 Å². The van der Waals surface area contributed by atoms with E-state index in [1.165, 1.54) is 0 Å². The van der Waals surface area contributed by atoms with Gasteiger partial charge >= 0.3 is 0 Å². The summed E-state index contributed by atoms with van der Waals surface area (Å²) < 4.78 is 13.0. The van der Waals surface area contributed by atoms with Crippen LogP contribution >= 0.6 is 22.6 Å². The van der Waals surface area contributed by atoms with Gasteiger partial charge in [-0.25, -0.2) is 0 Å². The fourth-order valence-electron chi connectivity index (χ4n) is 2.13. The smallest absolute Gasteiger partial charge is 0.192 e. The Bertz CT molecular complexity index is 460. The van der Waals surface area contributed by atoms with E-state index in [0.717, 1.165) is 3.58 Å². The molecule has 0 aromatic rings. The van der Waals surface area contributed by atoms with E-state index < -0.39 is 20.0 Å². The summed E-state index contributed by atoms with van der Waals surface area (Å²) in [5.74, 6) is 2.63. The molecule has 106 valence electrons. The highest BCUT2D eigenvalue weighted by Crippen LogP contribution is 2.55. The summed E-state index contributed by atoms with van der Waals surface area (Å²) in [5, 5.41) is 10.3. The van der Waals surface area contributed by atoms with Crippen molar-refractivity contribution in [2.45, 2.75) is 62.8 Å². The predicted octanol–water partition coefficient (Wildman–Crippen LogP) is 2.84. The molecule has 1 aliphatic heterocycles. The molecule has 1 saturated heterocycles. The highest BCUT2D eigenvalue weighted by molar-refractivity contribution is 14.1. The second kappa shape index (κ2) is 4.57. The molecule has 1 aliphatic carbocycles. The average molecular weight is 392 g/mol. The van der Waals surface area contributed by atoms with Gasteiger partial charge in [0.15, 0.2) is 20.0 Å². The van der Waals surface area contributed by atoms with Crippen LogP contribution in [0, 0.1) is 12.3 Å². The molecule has 0 saturated carbocycles. The number of ether oxygens (including phenoxy) is 1. The third-order valence-electron chi connectivity index (χ3n) is 4.45. The minimum atomic E-state index is -1.98. The summed E-state index contributed by atoms with van der Waals surface area (Å²) in [5.41, 5.74) is -0.593. The van der Waals surface area contributed by atoms with E-state index in [2.05, 4.69) is 62.4 Å². The van der Waals surface area contributed by atoms with Crippen LogP contribution in [0.1, 0.15) is 20.8 Å². The van der Waals surface area contributed by atoms with E-state index in [9.17, 15) is 5.11 Å². The molecule has 2 rings (SSSR count). The zero-order chi connectivity index (χ0) is 14.6. The predicted molar refractivity (Wildman–Crippen MR) is 86.6 cm³/mol. The number of aliphatic hydroxyl groups is 1. The van der Waals surface area contributed by atoms with Crippen LogP contribution in [-0.2, 0) is 9.16 Å². The van der Waals surface area contributed by atoms with Gasteiger partial charge in [-0.2, -0.15) is 0 Å². The summed E-state index contributed by atoms with van der Waals surface area (Å²) in [4.78, 5) is 0. The third-order valence-corrected chi connectivity index (χ3v) is 10.1. The second-order valence-electron chi connectivity index (χ2n) is 6.76. The van der Waals surface area contributed by atoms with Gasteiger partial charge in [0.2, 0.25) is 0 Å². The molecule has 2 aliphatic rings. The van der Waals surface area contributed by atoms with Crippen LogP contribution in [0.15, 0.2) is 9.66 Å². The molecular formula is C14H21IO3Si. The second-order valence-corrected chi connectivity index (χ2v) is 12.7. The Kier molecular flexibility index (Phi) is 3.73. The maximum atomic E-state index is 10.2. The van der Waals surface area contributed by atoms with Crippen molar-refractivity contribution in [1.82, 2.24) is 0 Å². The van der Waals surface area contributed by atoms with Crippen LogP contribution in [-0.4, -0.2) is 37.3 Å². The molecule has 19 heavy (non-hydrogen) atoms. The largest absolute Gasteiger partial charge is 0.407 e. The Morgan fingerprint density at radius 3 is 2.53 bits per heavy atom. The van der Waals surface area contributed by atoms with Crippen molar-refractivity contribution in [3.63, 3.8) is 0 Å². The molecule has 3 nitrogen and oxygen atoms in total. The zero-order valence-electron chi connectivity index (χ0n) is 12.0. The lowest BCUT2D eigenvalue weighted by molar-refractivity contribution is 0.0285. The number of hydrogen-bond donors (Lipinski definition) is 1. The number of hydrogen-bond acceptors (Lipinski definition) is 3. The van der Waals surface area contributed by atoms with Gasteiger partial charge in [-0.15, -0.1) is 6.42 Å². The third kappa shape index (κ3) is 2.32. The number of halogens is 1. The van der Waals surface area contributed by atoms with Gasteiger partial charge in [-0.3, -0.25) is 0 Å². The Balaban J connectivity index is 2.25. The van der Waals surface area contributed by atoms with Crippen LogP contribution in [0.25, 0.3) is 0 Å². The first-order valence-electron chi connectivity index (χ1n) is 6.44. The minimum Gasteiger partial charge on any atom is -0.407 e. The summed E-state index contributed by atoms with van der Waals surface area (Å²) in [7, 11) is -1.98. The van der Waals surface area contributed by atoms with Gasteiger partial charge < -0.3 is 14.3 Å². The molecule has 0 aromatic heterocycles. The van der Waals surface area contributed by atoms with E-state index in [1.807, 2.05) is 0 Å². The summed E-state index contributed by atoms with van der Waals surface area (Å²) >= 11 is 2.19. The molecule has 0 amide bonds. The summed E-state index contributed by atoms with van der Waals surface area (Å²) in [6.45, 7) is 10.9. The molecule has 1 fully saturated rings. The van der Waals surface area contributed by atoms with Crippen molar-refractivity contribution in [3.05, 3.63) is 9.66 Å². The van der Waals surface area contributed by atoms with Gasteiger partial charge in [0.1, 0.15) is 12.2 Å². The number of aliphatic hydroxyl groups excluding tert-OH is 1. The van der Waals surface area contributed by atoms with Gasteiger partial charge in [0, 0.05) is 3.58 Å². The molecule has 1 spiro atoms. The zero-order valence-corrected chi connectivity index (χ0v) is 15.2. The molecule has 1 N–H and O–H groups in total. The Labute approximate surface area is 130 Å². The molecule has 0 aromatic carbocycles. The highest BCUT2D eigenvalue weighted by Gasteiger charge is 2.69. The van der Waals surface area contributed by atoms with Crippen molar-refractivity contribution >= 4 is 30.9 Å². The van der Waals surface area contributed by atoms with Crippen molar-refractivity contribution in [2.24, 2.45) is 0 Å². The van der Waals surface area contributed by atoms with Crippen LogP contribution in [0.5, 0.6) is 0 Å². The first kappa shape index (κ1) is 15.5. The van der Waals surface area contributed by atoms with Crippen LogP contribution < -0.4 is 0 Å². The van der Waals surface area contributed by atoms with Crippen LogP contribution in [0.3, 0.4) is 0 Å². The number of terminal acetylenes is 1. The van der Waals surface area contributed by atoms with E-state index in [1.54, 1.807) is 6.08 Å². The molecular weight excluding hydrogens is 371 g/mol. The number of epoxide rings is 1. The molecule has 0 radical (unpaired) electrons. The minimum absolute atomic E-state index is 0.0858. The van der Waals surface area contributed by atoms with Crippen LogP contribution in [0.2, 0.25) is 18.1 Å². The average Bonchev–Trinajstić information content (AvgIpc) is 2.94. The Hall–Kier alpha value is 0.127. The molecule has 1 heterocycles. The Morgan fingerprint density at radius 2 is 2.11 bits per heavy atom. The molecule has 0 bridgehead atoms. The fourth-order valence-corrected chi connectivity index (χ4v) is 4.51. The topological polar surface area (TPSA) is 42.0 Å². The molecule has 5 heteroatoms. The summed E-state index contributed by atoms with van der Waals surface area (Å²) in [6.07, 6.45) is 5.99. The summed E-state index contributed by atoms with van der Waals surface area (Å²) in [6, 6.07) is 0. The lowest BCUT2D eigenvalue weighted by Gasteiger charge is -2.40. The van der Waals surface area contributed by atoms with Gasteiger partial charge in [0.25, 0.3) is 0 Å². The first-order valence-corrected chi connectivity index (χ1v) is 10.4. The van der Waals surface area contributed by atoms with Gasteiger partial charge in [-0.05, 0) is 46.8 Å². The van der Waals surface area contributed by atoms with E-state index >= 15 is 0 Å². The normalized spacial score (nSPS) is 38.2. The lowest BCUT2D eigenvalue weighted by atomic mass is 10.0. The highest BCUT2D eigenvalue weighted by atomic mass is 127. The maximum absolute atomic E-state index is 10.2. The first-order chi connectivity index (χ1) is 8.56. The van der Waals surface area contributed by atoms with Crippen molar-refractivity contribution < 1.29 is 14.3 Å². The monoisotopic (exact) mass is 392 g/mol. The van der Waals surface area contributed by atoms with E-state index in [4.69, 9.17) is 15.6 Å². The van der Waals surface area contributed by atoms with Crippen molar-refractivity contribution in [1.29, 1.82) is 0 Å². The molecule has 4 atom stereocenters. The lowest BCUT2D eigenvalue weighted by Crippen LogP contribution is -2.50. The standard InChI is InChI=1S/C14H21IO3Si/c1-7-11-14(17-11)10(15)8-9(16)12(14)18-19(5,6)13(2,3)4/h1,8-9,11-12,16H,2-6H3/t9-,11+,12+,14-/m1/s1. The van der Waals surface area contributed by atoms with Gasteiger partial charge in [0.05, 0.1) is 0 Å². The number of rotatable bonds is 2.